The molecule has 0 fully saturated rings. The Labute approximate surface area is 108 Å². The fourth-order valence-electron chi connectivity index (χ4n) is 1.88. The molecule has 1 atom stereocenters. The van der Waals surface area contributed by atoms with Gasteiger partial charge in [-0.2, -0.15) is 0 Å². The molecule has 0 radical (unpaired) electrons. The van der Waals surface area contributed by atoms with Crippen molar-refractivity contribution in [3.63, 3.8) is 0 Å². The van der Waals surface area contributed by atoms with Crippen molar-refractivity contribution in [2.75, 3.05) is 5.32 Å². The molecule has 2 aromatic rings. The highest BCUT2D eigenvalue weighted by molar-refractivity contribution is 5.56. The van der Waals surface area contributed by atoms with Crippen LogP contribution in [0.3, 0.4) is 0 Å². The van der Waals surface area contributed by atoms with E-state index in [9.17, 15) is 5.11 Å². The summed E-state index contributed by atoms with van der Waals surface area (Å²) < 4.78 is 0. The molecule has 18 heavy (non-hydrogen) atoms. The lowest BCUT2D eigenvalue weighted by Crippen LogP contribution is -2.02. The molecule has 2 rings (SSSR count). The lowest BCUT2D eigenvalue weighted by atomic mass is 10.1. The number of rotatable bonds is 4. The van der Waals surface area contributed by atoms with Crippen LogP contribution in [0.1, 0.15) is 30.7 Å². The van der Waals surface area contributed by atoms with Gasteiger partial charge >= 0.3 is 0 Å². The van der Waals surface area contributed by atoms with Crippen LogP contribution >= 0.6 is 0 Å². The van der Waals surface area contributed by atoms with Crippen LogP contribution in [0.15, 0.2) is 42.5 Å². The molecule has 0 aliphatic rings. The summed E-state index contributed by atoms with van der Waals surface area (Å²) in [6.07, 6.45) is 0.275. The highest BCUT2D eigenvalue weighted by atomic mass is 16.3. The van der Waals surface area contributed by atoms with Crippen molar-refractivity contribution >= 4 is 11.5 Å². The molecule has 1 aromatic heterocycles. The monoisotopic (exact) mass is 242 g/mol. The molecule has 2 N–H and O–H groups in total. The number of nitrogens with zero attached hydrogens (tertiary/aromatic N) is 1. The van der Waals surface area contributed by atoms with Gasteiger partial charge < -0.3 is 10.4 Å². The van der Waals surface area contributed by atoms with Gasteiger partial charge in [0.2, 0.25) is 0 Å². The summed E-state index contributed by atoms with van der Waals surface area (Å²) in [5, 5.41) is 13.1. The topological polar surface area (TPSA) is 45.1 Å². The largest absolute Gasteiger partial charge is 0.388 e. The Balaban J connectivity index is 2.19. The van der Waals surface area contributed by atoms with E-state index in [0.29, 0.717) is 6.42 Å². The van der Waals surface area contributed by atoms with E-state index in [2.05, 4.69) is 10.3 Å². The Morgan fingerprint density at radius 3 is 2.50 bits per heavy atom. The summed E-state index contributed by atoms with van der Waals surface area (Å²) in [6.45, 7) is 3.88. The average Bonchev–Trinajstić information content (AvgIpc) is 2.39. The molecule has 1 aromatic carbocycles. The summed E-state index contributed by atoms with van der Waals surface area (Å²) in [5.74, 6) is 0.797. The Morgan fingerprint density at radius 2 is 1.89 bits per heavy atom. The number of aliphatic hydroxyl groups is 1. The van der Waals surface area contributed by atoms with E-state index < -0.39 is 6.10 Å². The Hall–Kier alpha value is -1.87. The van der Waals surface area contributed by atoms with Gasteiger partial charge in [-0.15, -0.1) is 0 Å². The van der Waals surface area contributed by atoms with Crippen molar-refractivity contribution < 1.29 is 5.11 Å². The van der Waals surface area contributed by atoms with Crippen LogP contribution in [-0.4, -0.2) is 10.1 Å². The number of hydrogen-bond donors (Lipinski definition) is 2. The minimum atomic E-state index is -0.428. The lowest BCUT2D eigenvalue weighted by Gasteiger charge is -2.13. The molecule has 0 aliphatic carbocycles. The van der Waals surface area contributed by atoms with Crippen molar-refractivity contribution in [2.45, 2.75) is 26.4 Å². The van der Waals surface area contributed by atoms with Crippen LogP contribution < -0.4 is 5.32 Å². The quantitative estimate of drug-likeness (QED) is 0.861. The molecule has 0 spiro atoms. The van der Waals surface area contributed by atoms with Crippen LogP contribution in [0, 0.1) is 6.92 Å². The van der Waals surface area contributed by atoms with E-state index in [1.807, 2.05) is 56.3 Å². The minimum absolute atomic E-state index is 0.428. The van der Waals surface area contributed by atoms with Gasteiger partial charge in [0.05, 0.1) is 6.10 Å². The van der Waals surface area contributed by atoms with Crippen molar-refractivity contribution in [3.05, 3.63) is 53.7 Å². The van der Waals surface area contributed by atoms with Crippen LogP contribution in [0.2, 0.25) is 0 Å². The van der Waals surface area contributed by atoms with Gasteiger partial charge in [-0.25, -0.2) is 4.98 Å². The smallest absolute Gasteiger partial charge is 0.130 e. The zero-order chi connectivity index (χ0) is 13.0. The van der Waals surface area contributed by atoms with E-state index >= 15 is 0 Å². The first-order valence-electron chi connectivity index (χ1n) is 6.18. The number of anilines is 2. The number of hydrogen-bond acceptors (Lipinski definition) is 3. The fourth-order valence-corrected chi connectivity index (χ4v) is 1.88. The molecule has 1 heterocycles. The lowest BCUT2D eigenvalue weighted by molar-refractivity contribution is 0.172. The van der Waals surface area contributed by atoms with E-state index in [1.165, 1.54) is 0 Å². The SMILES string of the molecule is CC[C@H](O)c1ccc(Nc2ccccc2)nc1C. The predicted octanol–water partition coefficient (Wildman–Crippen LogP) is 3.58. The molecule has 0 saturated carbocycles. The van der Waals surface area contributed by atoms with E-state index in [0.717, 1.165) is 22.8 Å². The minimum Gasteiger partial charge on any atom is -0.388 e. The summed E-state index contributed by atoms with van der Waals surface area (Å²) >= 11 is 0. The molecule has 0 unspecified atom stereocenters. The molecule has 3 heteroatoms. The maximum absolute atomic E-state index is 9.83. The average molecular weight is 242 g/mol. The van der Waals surface area contributed by atoms with Crippen LogP contribution in [0.4, 0.5) is 11.5 Å². The second kappa shape index (κ2) is 5.65. The predicted molar refractivity (Wildman–Crippen MR) is 73.9 cm³/mol. The molecule has 0 bridgehead atoms. The maximum atomic E-state index is 9.83. The summed E-state index contributed by atoms with van der Waals surface area (Å²) in [7, 11) is 0. The number of benzene rings is 1. The number of aliphatic hydroxyl groups excluding tert-OH is 1. The highest BCUT2D eigenvalue weighted by Crippen LogP contribution is 2.22. The first-order valence-corrected chi connectivity index (χ1v) is 6.18. The molecular formula is C15H18N2O. The first-order chi connectivity index (χ1) is 8.70. The van der Waals surface area contributed by atoms with Crippen molar-refractivity contribution in [3.8, 4) is 0 Å². The molecular weight excluding hydrogens is 224 g/mol. The maximum Gasteiger partial charge on any atom is 0.130 e. The van der Waals surface area contributed by atoms with Gasteiger partial charge in [0.15, 0.2) is 0 Å². The molecule has 94 valence electrons. The second-order valence-corrected chi connectivity index (χ2v) is 4.29. The third-order valence-electron chi connectivity index (χ3n) is 2.92. The van der Waals surface area contributed by atoms with Crippen LogP contribution in [-0.2, 0) is 0 Å². The van der Waals surface area contributed by atoms with Crippen molar-refractivity contribution in [1.29, 1.82) is 0 Å². The molecule has 0 aliphatic heterocycles. The van der Waals surface area contributed by atoms with Crippen LogP contribution in [0.25, 0.3) is 0 Å². The summed E-state index contributed by atoms with van der Waals surface area (Å²) in [6, 6.07) is 13.7. The van der Waals surface area contributed by atoms with Gasteiger partial charge in [0.25, 0.3) is 0 Å². The number of pyridine rings is 1. The van der Waals surface area contributed by atoms with Crippen LogP contribution in [0.5, 0.6) is 0 Å². The molecule has 0 amide bonds. The first kappa shape index (κ1) is 12.6. The highest BCUT2D eigenvalue weighted by Gasteiger charge is 2.09. The zero-order valence-electron chi connectivity index (χ0n) is 10.7. The number of aryl methyl sites for hydroxylation is 1. The van der Waals surface area contributed by atoms with Crippen molar-refractivity contribution in [1.82, 2.24) is 4.98 Å². The Bertz CT molecular complexity index is 511. The number of nitrogens with one attached hydrogen (secondary N) is 1. The third kappa shape index (κ3) is 2.87. The van der Waals surface area contributed by atoms with E-state index in [4.69, 9.17) is 0 Å². The fraction of sp³-hybridized carbons (Fsp3) is 0.267. The van der Waals surface area contributed by atoms with E-state index in [1.54, 1.807) is 0 Å². The summed E-state index contributed by atoms with van der Waals surface area (Å²) in [5.41, 5.74) is 2.77. The Morgan fingerprint density at radius 1 is 1.17 bits per heavy atom. The van der Waals surface area contributed by atoms with Gasteiger partial charge in [0, 0.05) is 16.9 Å². The van der Waals surface area contributed by atoms with Gasteiger partial charge in [0.1, 0.15) is 5.82 Å². The molecule has 3 nitrogen and oxygen atoms in total. The van der Waals surface area contributed by atoms with Gasteiger partial charge in [-0.1, -0.05) is 31.2 Å². The molecule has 0 saturated heterocycles. The van der Waals surface area contributed by atoms with Gasteiger partial charge in [-0.05, 0) is 31.5 Å². The standard InChI is InChI=1S/C15H18N2O/c1-3-14(18)13-9-10-15(16-11(13)2)17-12-7-5-4-6-8-12/h4-10,14,18H,3H2,1-2H3,(H,16,17)/t14-/m0/s1. The Kier molecular flexibility index (Phi) is 3.95. The summed E-state index contributed by atoms with van der Waals surface area (Å²) in [4.78, 5) is 4.47. The zero-order valence-corrected chi connectivity index (χ0v) is 10.7. The van der Waals surface area contributed by atoms with Gasteiger partial charge in [-0.3, -0.25) is 0 Å². The third-order valence-corrected chi connectivity index (χ3v) is 2.92. The second-order valence-electron chi connectivity index (χ2n) is 4.29. The normalized spacial score (nSPS) is 12.2. The number of para-hydroxylation sites is 1. The van der Waals surface area contributed by atoms with Crippen molar-refractivity contribution in [2.24, 2.45) is 0 Å². The van der Waals surface area contributed by atoms with E-state index in [-0.39, 0.29) is 0 Å². The number of aromatic nitrogens is 1.